The second kappa shape index (κ2) is 7.32. The molecule has 0 spiro atoms. The van der Waals surface area contributed by atoms with E-state index in [0.29, 0.717) is 5.56 Å². The third kappa shape index (κ3) is 4.92. The van der Waals surface area contributed by atoms with Gasteiger partial charge >= 0.3 is 5.97 Å². The number of carbonyl (C=O) groups is 2. The number of ether oxygens (including phenoxy) is 1. The van der Waals surface area contributed by atoms with Crippen LogP contribution in [0.25, 0.3) is 0 Å². The van der Waals surface area contributed by atoms with E-state index in [4.69, 9.17) is 10.5 Å². The first-order chi connectivity index (χ1) is 9.04. The van der Waals surface area contributed by atoms with E-state index in [1.165, 1.54) is 0 Å². The fourth-order valence-electron chi connectivity index (χ4n) is 1.33. The smallest absolute Gasteiger partial charge is 0.349 e. The van der Waals surface area contributed by atoms with Gasteiger partial charge in [0.25, 0.3) is 5.91 Å². The average molecular weight is 281 g/mol. The largest absolute Gasteiger partial charge is 0.463 e. The van der Waals surface area contributed by atoms with Gasteiger partial charge in [-0.15, -0.1) is 0 Å². The van der Waals surface area contributed by atoms with Gasteiger partial charge in [0.2, 0.25) is 6.17 Å². The number of benzene rings is 1. The Kier molecular flexibility index (Phi) is 5.74. The monoisotopic (exact) mass is 281 g/mol. The summed E-state index contributed by atoms with van der Waals surface area (Å²) >= 11 is 4.65. The number of thiocarbonyl (C=S) groups is 1. The van der Waals surface area contributed by atoms with E-state index in [9.17, 15) is 9.59 Å². The van der Waals surface area contributed by atoms with Crippen LogP contribution in [0.3, 0.4) is 0 Å². The highest BCUT2D eigenvalue weighted by molar-refractivity contribution is 7.80. The summed E-state index contributed by atoms with van der Waals surface area (Å²) in [7, 11) is 0. The maximum absolute atomic E-state index is 11.9. The van der Waals surface area contributed by atoms with E-state index in [0.717, 1.165) is 0 Å². The minimum absolute atomic E-state index is 0.105. The van der Waals surface area contributed by atoms with Gasteiger partial charge in [-0.25, -0.2) is 4.79 Å². The summed E-state index contributed by atoms with van der Waals surface area (Å²) in [6, 6.07) is 8.47. The lowest BCUT2D eigenvalue weighted by Crippen LogP contribution is -2.54. The van der Waals surface area contributed by atoms with Gasteiger partial charge in [0, 0.05) is 5.56 Å². The topological polar surface area (TPSA) is 93.4 Å². The average Bonchev–Trinajstić information content (AvgIpc) is 2.38. The van der Waals surface area contributed by atoms with E-state index in [1.54, 1.807) is 37.3 Å². The summed E-state index contributed by atoms with van der Waals surface area (Å²) in [4.78, 5) is 23.5. The maximum Gasteiger partial charge on any atom is 0.349 e. The summed E-state index contributed by atoms with van der Waals surface area (Å²) in [5.41, 5.74) is 5.72. The van der Waals surface area contributed by atoms with Crippen LogP contribution in [0.4, 0.5) is 0 Å². The molecule has 4 N–H and O–H groups in total. The Morgan fingerprint density at radius 3 is 2.47 bits per heavy atom. The molecular weight excluding hydrogens is 266 g/mol. The molecule has 1 rings (SSSR count). The number of hydrogen-bond donors (Lipinski definition) is 3. The third-order valence-corrected chi connectivity index (χ3v) is 2.24. The number of esters is 1. The van der Waals surface area contributed by atoms with Crippen LogP contribution < -0.4 is 16.4 Å². The van der Waals surface area contributed by atoms with Gasteiger partial charge in [-0.2, -0.15) is 0 Å². The molecule has 0 saturated heterocycles. The Bertz CT molecular complexity index is 465. The summed E-state index contributed by atoms with van der Waals surface area (Å²) < 4.78 is 4.81. The van der Waals surface area contributed by atoms with Crippen molar-refractivity contribution in [2.24, 2.45) is 5.73 Å². The zero-order valence-electron chi connectivity index (χ0n) is 10.4. The van der Waals surface area contributed by atoms with Crippen molar-refractivity contribution in [3.63, 3.8) is 0 Å². The SMILES string of the molecule is CCOC(=O)C(NC(=O)c1ccccc1)NC(N)=S. The highest BCUT2D eigenvalue weighted by Crippen LogP contribution is 1.99. The molecule has 0 aliphatic rings. The third-order valence-electron chi connectivity index (χ3n) is 2.12. The van der Waals surface area contributed by atoms with Crippen LogP contribution in [0.15, 0.2) is 30.3 Å². The fraction of sp³-hybridized carbons (Fsp3) is 0.250. The van der Waals surface area contributed by atoms with Crippen molar-refractivity contribution >= 4 is 29.2 Å². The van der Waals surface area contributed by atoms with E-state index < -0.39 is 18.0 Å². The molecule has 1 unspecified atom stereocenters. The Morgan fingerprint density at radius 2 is 1.95 bits per heavy atom. The fourth-order valence-corrected chi connectivity index (χ4v) is 1.44. The number of hydrogen-bond acceptors (Lipinski definition) is 4. The molecule has 0 saturated carbocycles. The van der Waals surface area contributed by atoms with Gasteiger partial charge in [-0.05, 0) is 31.3 Å². The Morgan fingerprint density at radius 1 is 1.32 bits per heavy atom. The van der Waals surface area contributed by atoms with Gasteiger partial charge in [-0.1, -0.05) is 18.2 Å². The van der Waals surface area contributed by atoms with E-state index >= 15 is 0 Å². The van der Waals surface area contributed by atoms with E-state index in [2.05, 4.69) is 22.9 Å². The predicted octanol–water partition coefficient (Wildman–Crippen LogP) is 0.139. The van der Waals surface area contributed by atoms with Gasteiger partial charge in [0.15, 0.2) is 5.11 Å². The molecule has 0 radical (unpaired) electrons. The lowest BCUT2D eigenvalue weighted by atomic mass is 10.2. The van der Waals surface area contributed by atoms with Crippen LogP contribution in [0, 0.1) is 0 Å². The van der Waals surface area contributed by atoms with E-state index in [1.807, 2.05) is 0 Å². The maximum atomic E-state index is 11.9. The molecule has 19 heavy (non-hydrogen) atoms. The number of nitrogens with one attached hydrogen (secondary N) is 2. The van der Waals surface area contributed by atoms with Crippen LogP contribution in [-0.2, 0) is 9.53 Å². The molecule has 0 aliphatic heterocycles. The Hall–Kier alpha value is -2.15. The molecule has 7 heteroatoms. The van der Waals surface area contributed by atoms with Crippen molar-refractivity contribution < 1.29 is 14.3 Å². The van der Waals surface area contributed by atoms with Crippen molar-refractivity contribution in [2.75, 3.05) is 6.61 Å². The van der Waals surface area contributed by atoms with Gasteiger partial charge in [0.05, 0.1) is 6.61 Å². The van der Waals surface area contributed by atoms with Crippen LogP contribution in [0.5, 0.6) is 0 Å². The molecule has 1 aromatic rings. The summed E-state index contributed by atoms with van der Waals surface area (Å²) in [5, 5.41) is 4.82. The van der Waals surface area contributed by atoms with Crippen molar-refractivity contribution in [3.8, 4) is 0 Å². The van der Waals surface area contributed by atoms with Gasteiger partial charge < -0.3 is 21.1 Å². The Labute approximate surface area is 116 Å². The molecule has 6 nitrogen and oxygen atoms in total. The quantitative estimate of drug-likeness (QED) is 0.404. The molecule has 0 fully saturated rings. The highest BCUT2D eigenvalue weighted by Gasteiger charge is 2.22. The standard InChI is InChI=1S/C12H15N3O3S/c1-2-18-11(17)9(15-12(13)19)14-10(16)8-6-4-3-5-7-8/h3-7,9H,2H2,1H3,(H,14,16)(H3,13,15,19). The lowest BCUT2D eigenvalue weighted by molar-refractivity contribution is -0.145. The molecule has 0 aliphatic carbocycles. The molecule has 0 aromatic heterocycles. The number of rotatable bonds is 5. The molecule has 1 amide bonds. The number of amides is 1. The number of nitrogens with two attached hydrogens (primary N) is 1. The molecule has 1 aromatic carbocycles. The van der Waals surface area contributed by atoms with Crippen molar-refractivity contribution in [3.05, 3.63) is 35.9 Å². The molecular formula is C12H15N3O3S. The Balaban J connectivity index is 2.74. The van der Waals surface area contributed by atoms with E-state index in [-0.39, 0.29) is 11.7 Å². The summed E-state index contributed by atoms with van der Waals surface area (Å²) in [5.74, 6) is -1.08. The summed E-state index contributed by atoms with van der Waals surface area (Å²) in [6.45, 7) is 1.85. The summed E-state index contributed by atoms with van der Waals surface area (Å²) in [6.07, 6.45) is -1.11. The normalized spacial score (nSPS) is 11.2. The molecule has 102 valence electrons. The minimum Gasteiger partial charge on any atom is -0.463 e. The number of carbonyl (C=O) groups excluding carboxylic acids is 2. The highest BCUT2D eigenvalue weighted by atomic mass is 32.1. The predicted molar refractivity (Wildman–Crippen MR) is 74.3 cm³/mol. The zero-order valence-corrected chi connectivity index (χ0v) is 11.2. The van der Waals surface area contributed by atoms with Gasteiger partial charge in [0.1, 0.15) is 0 Å². The second-order valence-electron chi connectivity index (χ2n) is 3.53. The molecule has 0 heterocycles. The van der Waals surface area contributed by atoms with Crippen molar-refractivity contribution in [2.45, 2.75) is 13.1 Å². The molecule has 1 atom stereocenters. The van der Waals surface area contributed by atoms with Gasteiger partial charge in [-0.3, -0.25) is 4.79 Å². The van der Waals surface area contributed by atoms with Crippen LogP contribution in [0.2, 0.25) is 0 Å². The van der Waals surface area contributed by atoms with Crippen molar-refractivity contribution in [1.82, 2.24) is 10.6 Å². The van der Waals surface area contributed by atoms with Crippen LogP contribution in [0.1, 0.15) is 17.3 Å². The minimum atomic E-state index is -1.11. The first-order valence-electron chi connectivity index (χ1n) is 5.63. The lowest BCUT2D eigenvalue weighted by Gasteiger charge is -2.18. The van der Waals surface area contributed by atoms with Crippen LogP contribution >= 0.6 is 12.2 Å². The second-order valence-corrected chi connectivity index (χ2v) is 3.97. The molecule has 0 bridgehead atoms. The zero-order chi connectivity index (χ0) is 14.3. The van der Waals surface area contributed by atoms with Crippen LogP contribution in [-0.4, -0.2) is 29.8 Å². The first kappa shape index (κ1) is 14.9. The van der Waals surface area contributed by atoms with Crippen molar-refractivity contribution in [1.29, 1.82) is 0 Å². The first-order valence-corrected chi connectivity index (χ1v) is 6.04.